The van der Waals surface area contributed by atoms with E-state index in [1.54, 1.807) is 19.9 Å². The Balaban J connectivity index is 1.28. The number of hydrogen-bond donors (Lipinski definition) is 2. The van der Waals surface area contributed by atoms with Gasteiger partial charge < -0.3 is 19.7 Å². The number of anilines is 1. The smallest absolute Gasteiger partial charge is 0.274 e. The number of imidazole rings is 1. The van der Waals surface area contributed by atoms with Crippen LogP contribution in [0.15, 0.2) is 47.2 Å². The molecule has 5 rings (SSSR count). The number of carbonyl (C=O) groups excluding carboxylic acids is 1. The second kappa shape index (κ2) is 8.86. The number of pyridine rings is 1. The third-order valence-corrected chi connectivity index (χ3v) is 6.00. The van der Waals surface area contributed by atoms with Crippen LogP contribution in [-0.2, 0) is 4.74 Å². The molecule has 3 aromatic heterocycles. The highest BCUT2D eigenvalue weighted by Crippen LogP contribution is 2.39. The highest BCUT2D eigenvalue weighted by Gasteiger charge is 2.36. The molecule has 1 aliphatic carbocycles. The van der Waals surface area contributed by atoms with Crippen molar-refractivity contribution in [2.75, 3.05) is 11.9 Å². The molecule has 182 valence electrons. The predicted molar refractivity (Wildman–Crippen MR) is 126 cm³/mol. The Labute approximate surface area is 200 Å². The first kappa shape index (κ1) is 23.1. The number of rotatable bonds is 7. The molecule has 1 saturated carbocycles. The van der Waals surface area contributed by atoms with Gasteiger partial charge in [-0.1, -0.05) is 17.3 Å². The maximum atomic E-state index is 13.7. The van der Waals surface area contributed by atoms with Crippen LogP contribution in [0.4, 0.5) is 10.1 Å². The lowest BCUT2D eigenvalue weighted by molar-refractivity contribution is -0.0842. The van der Waals surface area contributed by atoms with Crippen LogP contribution in [0.1, 0.15) is 54.5 Å². The van der Waals surface area contributed by atoms with Crippen molar-refractivity contribution in [3.63, 3.8) is 0 Å². The summed E-state index contributed by atoms with van der Waals surface area (Å²) in [5, 5.41) is 16.8. The molecule has 1 amide bonds. The minimum atomic E-state index is -0.858. The Morgan fingerprint density at radius 2 is 2.11 bits per heavy atom. The van der Waals surface area contributed by atoms with Gasteiger partial charge >= 0.3 is 0 Å². The molecule has 0 radical (unpaired) electrons. The number of aliphatic hydroxyl groups is 1. The minimum Gasteiger partial charge on any atom is -0.388 e. The van der Waals surface area contributed by atoms with Crippen molar-refractivity contribution in [3.05, 3.63) is 65.7 Å². The summed E-state index contributed by atoms with van der Waals surface area (Å²) >= 11 is 0. The topological polar surface area (TPSA) is 115 Å². The van der Waals surface area contributed by atoms with Crippen molar-refractivity contribution in [2.24, 2.45) is 0 Å². The van der Waals surface area contributed by atoms with E-state index in [2.05, 4.69) is 20.4 Å². The summed E-state index contributed by atoms with van der Waals surface area (Å²) in [6, 6.07) is 8.30. The van der Waals surface area contributed by atoms with Crippen molar-refractivity contribution in [1.82, 2.24) is 19.5 Å². The van der Waals surface area contributed by atoms with Gasteiger partial charge in [0.25, 0.3) is 5.91 Å². The van der Waals surface area contributed by atoms with E-state index in [0.29, 0.717) is 28.6 Å². The zero-order chi connectivity index (χ0) is 24.7. The molecule has 3 heterocycles. The Morgan fingerprint density at radius 1 is 1.31 bits per heavy atom. The SMILES string of the molecule is Cc1ccc(-c2noc(C3CC(OCC(C)(C)O)C3)n2)cc1NC(=O)c1cnc2ccc(F)cn12. The van der Waals surface area contributed by atoms with Crippen molar-refractivity contribution in [2.45, 2.75) is 51.2 Å². The molecule has 0 saturated heterocycles. The van der Waals surface area contributed by atoms with Crippen molar-refractivity contribution < 1.29 is 23.6 Å². The number of hydrogen-bond acceptors (Lipinski definition) is 7. The van der Waals surface area contributed by atoms with Gasteiger partial charge in [0.05, 0.1) is 24.5 Å². The molecular weight excluding hydrogens is 453 g/mol. The van der Waals surface area contributed by atoms with Gasteiger partial charge in [-0.2, -0.15) is 4.98 Å². The van der Waals surface area contributed by atoms with E-state index in [0.717, 1.165) is 18.4 Å². The Bertz CT molecular complexity index is 1380. The van der Waals surface area contributed by atoms with Crippen LogP contribution in [0.5, 0.6) is 0 Å². The first-order valence-electron chi connectivity index (χ1n) is 11.4. The third-order valence-electron chi connectivity index (χ3n) is 6.00. The average Bonchev–Trinajstić information content (AvgIpc) is 3.40. The van der Waals surface area contributed by atoms with E-state index in [1.807, 2.05) is 19.1 Å². The van der Waals surface area contributed by atoms with Gasteiger partial charge in [0.2, 0.25) is 11.7 Å². The van der Waals surface area contributed by atoms with Gasteiger partial charge in [0.1, 0.15) is 17.2 Å². The molecular formula is C25H26FN5O4. The quantitative estimate of drug-likeness (QED) is 0.410. The molecule has 2 N–H and O–H groups in total. The van der Waals surface area contributed by atoms with Gasteiger partial charge in [-0.05, 0) is 57.4 Å². The second-order valence-corrected chi connectivity index (χ2v) is 9.57. The number of carbonyl (C=O) groups is 1. The third kappa shape index (κ3) is 4.94. The molecule has 1 fully saturated rings. The number of halogens is 1. The van der Waals surface area contributed by atoms with Crippen LogP contribution in [0.2, 0.25) is 0 Å². The fourth-order valence-corrected chi connectivity index (χ4v) is 3.95. The highest BCUT2D eigenvalue weighted by molar-refractivity contribution is 6.04. The van der Waals surface area contributed by atoms with Crippen LogP contribution in [-0.4, -0.2) is 48.9 Å². The number of nitrogens with one attached hydrogen (secondary N) is 1. The van der Waals surface area contributed by atoms with Crippen LogP contribution in [0.3, 0.4) is 0 Å². The Morgan fingerprint density at radius 3 is 2.89 bits per heavy atom. The fraction of sp³-hybridized carbons (Fsp3) is 0.360. The number of ether oxygens (including phenoxy) is 1. The standard InChI is InChI=1S/C25H26FN5O4/c1-14-4-5-15(22-29-24(35-30-22)16-8-18(9-16)34-13-25(2,3)33)10-19(14)28-23(32)20-11-27-21-7-6-17(26)12-31(20)21/h4-7,10-12,16,18,33H,8-9,13H2,1-3H3,(H,28,32). The van der Waals surface area contributed by atoms with Crippen LogP contribution in [0.25, 0.3) is 17.0 Å². The van der Waals surface area contributed by atoms with Gasteiger partial charge in [-0.15, -0.1) is 0 Å². The largest absolute Gasteiger partial charge is 0.388 e. The molecule has 9 nitrogen and oxygen atoms in total. The van der Waals surface area contributed by atoms with Crippen LogP contribution in [0, 0.1) is 12.7 Å². The Hall–Kier alpha value is -3.63. The number of aryl methyl sites for hydroxylation is 1. The summed E-state index contributed by atoms with van der Waals surface area (Å²) in [5.41, 5.74) is 1.95. The number of nitrogens with zero attached hydrogens (tertiary/aromatic N) is 4. The molecule has 35 heavy (non-hydrogen) atoms. The molecule has 4 aromatic rings. The Kier molecular flexibility index (Phi) is 5.86. The zero-order valence-electron chi connectivity index (χ0n) is 19.7. The van der Waals surface area contributed by atoms with Gasteiger partial charge in [0, 0.05) is 23.4 Å². The summed E-state index contributed by atoms with van der Waals surface area (Å²) in [6.07, 6.45) is 4.21. The number of amides is 1. The predicted octanol–water partition coefficient (Wildman–Crippen LogP) is 4.12. The van der Waals surface area contributed by atoms with Gasteiger partial charge in [0.15, 0.2) is 0 Å². The van der Waals surface area contributed by atoms with Crippen molar-refractivity contribution in [3.8, 4) is 11.4 Å². The summed E-state index contributed by atoms with van der Waals surface area (Å²) in [5.74, 6) is 0.208. The maximum Gasteiger partial charge on any atom is 0.274 e. The van der Waals surface area contributed by atoms with Crippen LogP contribution >= 0.6 is 0 Å². The van der Waals surface area contributed by atoms with Crippen molar-refractivity contribution >= 4 is 17.2 Å². The van der Waals surface area contributed by atoms with Crippen molar-refractivity contribution in [1.29, 1.82) is 0 Å². The van der Waals surface area contributed by atoms with E-state index in [4.69, 9.17) is 9.26 Å². The normalized spacial score (nSPS) is 18.0. The fourth-order valence-electron chi connectivity index (χ4n) is 3.95. The maximum absolute atomic E-state index is 13.7. The molecule has 1 aromatic carbocycles. The summed E-state index contributed by atoms with van der Waals surface area (Å²) in [6.45, 7) is 5.57. The number of fused-ring (bicyclic) bond motifs is 1. The van der Waals surface area contributed by atoms with E-state index in [-0.39, 0.29) is 24.3 Å². The average molecular weight is 480 g/mol. The summed E-state index contributed by atoms with van der Waals surface area (Å²) in [7, 11) is 0. The molecule has 0 spiro atoms. The zero-order valence-corrected chi connectivity index (χ0v) is 19.7. The van der Waals surface area contributed by atoms with E-state index < -0.39 is 17.3 Å². The van der Waals surface area contributed by atoms with Gasteiger partial charge in [-0.25, -0.2) is 9.37 Å². The van der Waals surface area contributed by atoms with E-state index in [1.165, 1.54) is 28.9 Å². The molecule has 10 heteroatoms. The summed E-state index contributed by atoms with van der Waals surface area (Å²) in [4.78, 5) is 21.6. The first-order valence-corrected chi connectivity index (χ1v) is 11.4. The molecule has 0 bridgehead atoms. The molecule has 1 aliphatic rings. The lowest BCUT2D eigenvalue weighted by Crippen LogP contribution is -2.35. The molecule has 0 unspecified atom stereocenters. The molecule has 0 aliphatic heterocycles. The minimum absolute atomic E-state index is 0.0658. The second-order valence-electron chi connectivity index (χ2n) is 9.57. The van der Waals surface area contributed by atoms with E-state index in [9.17, 15) is 14.3 Å². The van der Waals surface area contributed by atoms with E-state index >= 15 is 0 Å². The lowest BCUT2D eigenvalue weighted by Gasteiger charge is -2.34. The monoisotopic (exact) mass is 479 g/mol. The number of benzene rings is 1. The van der Waals surface area contributed by atoms with Crippen LogP contribution < -0.4 is 5.32 Å². The lowest BCUT2D eigenvalue weighted by atomic mass is 9.82. The molecule has 0 atom stereocenters. The van der Waals surface area contributed by atoms with Gasteiger partial charge in [-0.3, -0.25) is 9.20 Å². The highest BCUT2D eigenvalue weighted by atomic mass is 19.1. The summed E-state index contributed by atoms with van der Waals surface area (Å²) < 4.78 is 26.3. The number of aromatic nitrogens is 4. The first-order chi connectivity index (χ1) is 16.7.